The highest BCUT2D eigenvalue weighted by molar-refractivity contribution is 4.95. The molecule has 0 amide bonds. The monoisotopic (exact) mass is 183 g/mol. The quantitative estimate of drug-likeness (QED) is 0.624. The van der Waals surface area contributed by atoms with Gasteiger partial charge < -0.3 is 5.32 Å². The van der Waals surface area contributed by atoms with Crippen molar-refractivity contribution < 1.29 is 0 Å². The zero-order valence-corrected chi connectivity index (χ0v) is 9.69. The van der Waals surface area contributed by atoms with Gasteiger partial charge in [0.2, 0.25) is 0 Å². The van der Waals surface area contributed by atoms with Crippen molar-refractivity contribution in [2.24, 2.45) is 17.3 Å². The lowest BCUT2D eigenvalue weighted by atomic mass is 10.1. The van der Waals surface area contributed by atoms with E-state index in [9.17, 15) is 0 Å². The van der Waals surface area contributed by atoms with E-state index in [0.29, 0.717) is 5.41 Å². The van der Waals surface area contributed by atoms with Gasteiger partial charge in [0.25, 0.3) is 0 Å². The number of rotatable bonds is 6. The fourth-order valence-electron chi connectivity index (χ4n) is 1.84. The predicted molar refractivity (Wildman–Crippen MR) is 58.8 cm³/mol. The smallest absolute Gasteiger partial charge is 0.00152 e. The van der Waals surface area contributed by atoms with Crippen LogP contribution in [0.25, 0.3) is 0 Å². The topological polar surface area (TPSA) is 12.0 Å². The second kappa shape index (κ2) is 4.45. The largest absolute Gasteiger partial charge is 0.316 e. The molecule has 1 nitrogen and oxygen atoms in total. The van der Waals surface area contributed by atoms with E-state index >= 15 is 0 Å². The summed E-state index contributed by atoms with van der Waals surface area (Å²) in [6.45, 7) is 11.8. The van der Waals surface area contributed by atoms with Gasteiger partial charge in [-0.2, -0.15) is 0 Å². The second-order valence-electron chi connectivity index (χ2n) is 5.63. The van der Waals surface area contributed by atoms with Crippen molar-refractivity contribution in [1.29, 1.82) is 0 Å². The first-order valence-electron chi connectivity index (χ1n) is 5.73. The van der Waals surface area contributed by atoms with Gasteiger partial charge in [0.15, 0.2) is 0 Å². The van der Waals surface area contributed by atoms with E-state index in [2.05, 4.69) is 33.0 Å². The standard InChI is InChI=1S/C12H25N/c1-10(2)6-5-7-13-9-11-8-12(11,3)4/h10-11,13H,5-9H2,1-4H3. The maximum Gasteiger partial charge on any atom is -0.00152 e. The van der Waals surface area contributed by atoms with Crippen molar-refractivity contribution in [3.63, 3.8) is 0 Å². The molecule has 1 atom stereocenters. The third kappa shape index (κ3) is 4.12. The molecule has 1 N–H and O–H groups in total. The summed E-state index contributed by atoms with van der Waals surface area (Å²) in [4.78, 5) is 0. The van der Waals surface area contributed by atoms with Crippen molar-refractivity contribution in [3.05, 3.63) is 0 Å². The minimum Gasteiger partial charge on any atom is -0.316 e. The minimum atomic E-state index is 0.644. The first-order chi connectivity index (χ1) is 6.02. The summed E-state index contributed by atoms with van der Waals surface area (Å²) in [7, 11) is 0. The second-order valence-corrected chi connectivity index (χ2v) is 5.63. The van der Waals surface area contributed by atoms with Crippen molar-refractivity contribution in [2.75, 3.05) is 13.1 Å². The van der Waals surface area contributed by atoms with Gasteiger partial charge in [-0.25, -0.2) is 0 Å². The third-order valence-electron chi connectivity index (χ3n) is 3.24. The molecule has 13 heavy (non-hydrogen) atoms. The van der Waals surface area contributed by atoms with Crippen LogP contribution in [0.5, 0.6) is 0 Å². The van der Waals surface area contributed by atoms with Crippen LogP contribution in [0, 0.1) is 17.3 Å². The molecule has 1 aliphatic rings. The first-order valence-corrected chi connectivity index (χ1v) is 5.73. The molecule has 1 saturated carbocycles. The summed E-state index contributed by atoms with van der Waals surface area (Å²) >= 11 is 0. The van der Waals surface area contributed by atoms with Crippen LogP contribution < -0.4 is 5.32 Å². The Kier molecular flexibility index (Phi) is 3.78. The zero-order valence-electron chi connectivity index (χ0n) is 9.69. The van der Waals surface area contributed by atoms with Crippen LogP contribution in [0.2, 0.25) is 0 Å². The summed E-state index contributed by atoms with van der Waals surface area (Å²) < 4.78 is 0. The van der Waals surface area contributed by atoms with Crippen LogP contribution in [0.4, 0.5) is 0 Å². The average Bonchev–Trinajstić information content (AvgIpc) is 2.58. The first kappa shape index (κ1) is 11.0. The van der Waals surface area contributed by atoms with Gasteiger partial charge in [0, 0.05) is 0 Å². The molecule has 0 aromatic carbocycles. The molecule has 1 unspecified atom stereocenters. The summed E-state index contributed by atoms with van der Waals surface area (Å²) in [6.07, 6.45) is 4.12. The highest BCUT2D eigenvalue weighted by Gasteiger charge is 2.44. The Morgan fingerprint density at radius 2 is 2.00 bits per heavy atom. The lowest BCUT2D eigenvalue weighted by Gasteiger charge is -2.07. The van der Waals surface area contributed by atoms with Crippen molar-refractivity contribution in [1.82, 2.24) is 5.32 Å². The van der Waals surface area contributed by atoms with E-state index in [1.165, 1.54) is 32.4 Å². The van der Waals surface area contributed by atoms with Crippen molar-refractivity contribution >= 4 is 0 Å². The fourth-order valence-corrected chi connectivity index (χ4v) is 1.84. The zero-order chi connectivity index (χ0) is 9.90. The van der Waals surface area contributed by atoms with Crippen LogP contribution in [-0.4, -0.2) is 13.1 Å². The van der Waals surface area contributed by atoms with Crippen LogP contribution in [0.1, 0.15) is 47.0 Å². The molecule has 0 aromatic heterocycles. The SMILES string of the molecule is CC(C)CCCNCC1CC1(C)C. The molecule has 0 spiro atoms. The summed E-state index contributed by atoms with van der Waals surface area (Å²) in [5.41, 5.74) is 0.644. The Morgan fingerprint density at radius 1 is 1.38 bits per heavy atom. The number of hydrogen-bond donors (Lipinski definition) is 1. The minimum absolute atomic E-state index is 0.644. The van der Waals surface area contributed by atoms with Gasteiger partial charge in [-0.1, -0.05) is 27.7 Å². The number of nitrogens with one attached hydrogen (secondary N) is 1. The fraction of sp³-hybridized carbons (Fsp3) is 1.00. The van der Waals surface area contributed by atoms with E-state index in [4.69, 9.17) is 0 Å². The van der Waals surface area contributed by atoms with Crippen LogP contribution in [0.15, 0.2) is 0 Å². The highest BCUT2D eigenvalue weighted by atomic mass is 14.9. The molecule has 1 rings (SSSR count). The van der Waals surface area contributed by atoms with Gasteiger partial charge in [0.05, 0.1) is 0 Å². The molecular formula is C12H25N. The van der Waals surface area contributed by atoms with Gasteiger partial charge in [-0.3, -0.25) is 0 Å². The molecule has 0 radical (unpaired) electrons. The molecule has 0 saturated heterocycles. The molecule has 1 fully saturated rings. The van der Waals surface area contributed by atoms with Gasteiger partial charge in [-0.05, 0) is 49.6 Å². The Labute approximate surface area is 83.3 Å². The van der Waals surface area contributed by atoms with Crippen LogP contribution in [0.3, 0.4) is 0 Å². The van der Waals surface area contributed by atoms with Gasteiger partial charge >= 0.3 is 0 Å². The van der Waals surface area contributed by atoms with Crippen LogP contribution in [-0.2, 0) is 0 Å². The Bertz CT molecular complexity index is 149. The third-order valence-corrected chi connectivity index (χ3v) is 3.24. The molecule has 0 aromatic rings. The Morgan fingerprint density at radius 3 is 2.46 bits per heavy atom. The molecular weight excluding hydrogens is 158 g/mol. The van der Waals surface area contributed by atoms with E-state index in [0.717, 1.165) is 11.8 Å². The number of hydrogen-bond acceptors (Lipinski definition) is 1. The molecule has 78 valence electrons. The van der Waals surface area contributed by atoms with E-state index in [1.54, 1.807) is 0 Å². The summed E-state index contributed by atoms with van der Waals surface area (Å²) in [5, 5.41) is 3.56. The van der Waals surface area contributed by atoms with E-state index < -0.39 is 0 Å². The average molecular weight is 183 g/mol. The maximum atomic E-state index is 3.56. The Balaban J connectivity index is 1.86. The molecule has 1 aliphatic carbocycles. The maximum absolute atomic E-state index is 3.56. The van der Waals surface area contributed by atoms with Gasteiger partial charge in [0.1, 0.15) is 0 Å². The molecule has 0 bridgehead atoms. The molecule has 0 heterocycles. The predicted octanol–water partition coefficient (Wildman–Crippen LogP) is 3.06. The lowest BCUT2D eigenvalue weighted by molar-refractivity contribution is 0.490. The summed E-state index contributed by atoms with van der Waals surface area (Å²) in [5.74, 6) is 1.81. The molecule has 0 aliphatic heterocycles. The molecule has 1 heteroatoms. The Hall–Kier alpha value is -0.0400. The normalized spacial score (nSPS) is 25.2. The van der Waals surface area contributed by atoms with Crippen LogP contribution >= 0.6 is 0 Å². The van der Waals surface area contributed by atoms with E-state index in [1.807, 2.05) is 0 Å². The van der Waals surface area contributed by atoms with Crippen molar-refractivity contribution in [2.45, 2.75) is 47.0 Å². The van der Waals surface area contributed by atoms with Gasteiger partial charge in [-0.15, -0.1) is 0 Å². The lowest BCUT2D eigenvalue weighted by Crippen LogP contribution is -2.20. The summed E-state index contributed by atoms with van der Waals surface area (Å²) in [6, 6.07) is 0. The highest BCUT2D eigenvalue weighted by Crippen LogP contribution is 2.50. The van der Waals surface area contributed by atoms with E-state index in [-0.39, 0.29) is 0 Å². The van der Waals surface area contributed by atoms with Crippen molar-refractivity contribution in [3.8, 4) is 0 Å².